The first kappa shape index (κ1) is 13.2. The summed E-state index contributed by atoms with van der Waals surface area (Å²) >= 11 is 0. The van der Waals surface area contributed by atoms with E-state index in [9.17, 15) is 17.6 Å². The molecular formula is C7H9F4N5O. The topological polar surface area (TPSA) is 99.1 Å². The van der Waals surface area contributed by atoms with Gasteiger partial charge in [0.25, 0.3) is 0 Å². The average molecular weight is 255 g/mol. The molecule has 0 amide bonds. The minimum atomic E-state index is -4.27. The molecule has 1 rings (SSSR count). The Morgan fingerprint density at radius 1 is 1.41 bits per heavy atom. The molecule has 1 aromatic rings. The molecule has 0 saturated carbocycles. The largest absolute Gasteiger partial charge is 0.471 e. The van der Waals surface area contributed by atoms with Crippen LogP contribution in [-0.4, -0.2) is 28.9 Å². The number of rotatable bonds is 5. The Bertz CT molecular complexity index is 389. The summed E-state index contributed by atoms with van der Waals surface area (Å²) in [4.78, 5) is 6.96. The fraction of sp³-hybridized carbons (Fsp3) is 0.429. The fourth-order valence-electron chi connectivity index (χ4n) is 0.824. The van der Waals surface area contributed by atoms with Crippen LogP contribution in [0.4, 0.5) is 29.3 Å². The van der Waals surface area contributed by atoms with Crippen molar-refractivity contribution in [2.75, 3.05) is 17.8 Å². The zero-order valence-electron chi connectivity index (χ0n) is 8.33. The van der Waals surface area contributed by atoms with E-state index in [1.807, 2.05) is 0 Å². The van der Waals surface area contributed by atoms with E-state index in [1.165, 1.54) is 0 Å². The van der Waals surface area contributed by atoms with Gasteiger partial charge in [-0.15, -0.1) is 0 Å². The Morgan fingerprint density at radius 3 is 2.59 bits per heavy atom. The van der Waals surface area contributed by atoms with Gasteiger partial charge in [0.15, 0.2) is 6.61 Å². The molecule has 1 heterocycles. The van der Waals surface area contributed by atoms with Crippen molar-refractivity contribution in [3.05, 3.63) is 6.07 Å². The third-order valence-electron chi connectivity index (χ3n) is 1.60. The zero-order valence-corrected chi connectivity index (χ0v) is 8.33. The van der Waals surface area contributed by atoms with Crippen molar-refractivity contribution < 1.29 is 22.3 Å². The molecule has 0 radical (unpaired) electrons. The molecule has 0 spiro atoms. The van der Waals surface area contributed by atoms with Crippen LogP contribution in [0.2, 0.25) is 0 Å². The molecule has 0 bridgehead atoms. The van der Waals surface area contributed by atoms with Gasteiger partial charge < -0.3 is 15.9 Å². The number of nitrogen functional groups attached to an aromatic ring is 2. The van der Waals surface area contributed by atoms with Crippen LogP contribution in [0.1, 0.15) is 0 Å². The maximum Gasteiger partial charge on any atom is 0.340 e. The molecule has 0 saturated heterocycles. The maximum atomic E-state index is 12.5. The van der Waals surface area contributed by atoms with E-state index < -0.39 is 19.0 Å². The van der Waals surface area contributed by atoms with Gasteiger partial charge in [0.1, 0.15) is 5.82 Å². The Balaban J connectivity index is 2.72. The summed E-state index contributed by atoms with van der Waals surface area (Å²) in [6.07, 6.45) is -3.83. The van der Waals surface area contributed by atoms with E-state index in [1.54, 1.807) is 0 Å². The van der Waals surface area contributed by atoms with Crippen molar-refractivity contribution in [1.82, 2.24) is 9.97 Å². The third-order valence-corrected chi connectivity index (χ3v) is 1.60. The Hall–Kier alpha value is -1.84. The lowest BCUT2D eigenvalue weighted by molar-refractivity contribution is -0.148. The van der Waals surface area contributed by atoms with Crippen molar-refractivity contribution in [1.29, 1.82) is 0 Å². The highest BCUT2D eigenvalue weighted by atomic mass is 19.3. The molecule has 6 nitrogen and oxygen atoms in total. The standard InChI is InChI=1S/C7H9F4N5O/c8-5(9)7(10,11)2-17-4-1-3(16-13)14-6(12)15-4/h1,5H,2,13H2,(H3,12,14,15,16). The van der Waals surface area contributed by atoms with Crippen LogP contribution in [0.3, 0.4) is 0 Å². The summed E-state index contributed by atoms with van der Waals surface area (Å²) in [6, 6.07) is 1.04. The fourth-order valence-corrected chi connectivity index (χ4v) is 0.824. The number of alkyl halides is 4. The molecular weight excluding hydrogens is 246 g/mol. The van der Waals surface area contributed by atoms with Gasteiger partial charge in [-0.05, 0) is 0 Å². The van der Waals surface area contributed by atoms with Crippen LogP contribution in [0, 0.1) is 0 Å². The van der Waals surface area contributed by atoms with Crippen LogP contribution >= 0.6 is 0 Å². The van der Waals surface area contributed by atoms with Gasteiger partial charge >= 0.3 is 12.3 Å². The van der Waals surface area contributed by atoms with Gasteiger partial charge in [-0.3, -0.25) is 0 Å². The van der Waals surface area contributed by atoms with Gasteiger partial charge in [0.05, 0.1) is 0 Å². The van der Waals surface area contributed by atoms with E-state index in [2.05, 4.69) is 20.1 Å². The lowest BCUT2D eigenvalue weighted by atomic mass is 10.4. The number of halogens is 4. The second-order valence-electron chi connectivity index (χ2n) is 2.94. The number of nitrogens with two attached hydrogens (primary N) is 2. The summed E-state index contributed by atoms with van der Waals surface area (Å²) in [5.74, 6) is 0.0586. The summed E-state index contributed by atoms with van der Waals surface area (Å²) in [7, 11) is 0. The Labute approximate surface area is 92.9 Å². The first-order valence-electron chi connectivity index (χ1n) is 4.25. The highest BCUT2D eigenvalue weighted by Gasteiger charge is 2.41. The Morgan fingerprint density at radius 2 is 2.06 bits per heavy atom. The maximum absolute atomic E-state index is 12.5. The molecule has 5 N–H and O–H groups in total. The van der Waals surface area contributed by atoms with E-state index in [4.69, 9.17) is 11.6 Å². The summed E-state index contributed by atoms with van der Waals surface area (Å²) in [5, 5.41) is 0. The smallest absolute Gasteiger partial charge is 0.340 e. The minimum absolute atomic E-state index is 0.00728. The summed E-state index contributed by atoms with van der Waals surface area (Å²) in [5.41, 5.74) is 7.28. The van der Waals surface area contributed by atoms with Crippen LogP contribution in [0.15, 0.2) is 6.07 Å². The minimum Gasteiger partial charge on any atom is -0.471 e. The second kappa shape index (κ2) is 4.99. The van der Waals surface area contributed by atoms with Crippen LogP contribution in [-0.2, 0) is 0 Å². The lowest BCUT2D eigenvalue weighted by Gasteiger charge is -2.15. The number of hydrogen-bond donors (Lipinski definition) is 3. The molecule has 0 atom stereocenters. The molecule has 0 aliphatic carbocycles. The van der Waals surface area contributed by atoms with Gasteiger partial charge in [-0.25, -0.2) is 14.6 Å². The highest BCUT2D eigenvalue weighted by Crippen LogP contribution is 2.24. The number of anilines is 2. The van der Waals surface area contributed by atoms with Gasteiger partial charge in [-0.1, -0.05) is 0 Å². The van der Waals surface area contributed by atoms with Crippen LogP contribution in [0.25, 0.3) is 0 Å². The normalized spacial score (nSPS) is 11.6. The molecule has 0 aliphatic heterocycles. The van der Waals surface area contributed by atoms with Crippen molar-refractivity contribution in [3.63, 3.8) is 0 Å². The van der Waals surface area contributed by atoms with Crippen molar-refractivity contribution in [2.45, 2.75) is 12.3 Å². The summed E-state index contributed by atoms with van der Waals surface area (Å²) in [6.45, 7) is -1.52. The first-order chi connectivity index (χ1) is 7.85. The molecule has 10 heteroatoms. The van der Waals surface area contributed by atoms with Gasteiger partial charge in [0, 0.05) is 6.07 Å². The van der Waals surface area contributed by atoms with Crippen LogP contribution < -0.4 is 21.7 Å². The highest BCUT2D eigenvalue weighted by molar-refractivity contribution is 5.41. The van der Waals surface area contributed by atoms with E-state index in [0.29, 0.717) is 0 Å². The molecule has 0 aliphatic rings. The number of nitrogens with one attached hydrogen (secondary N) is 1. The zero-order chi connectivity index (χ0) is 13.1. The molecule has 17 heavy (non-hydrogen) atoms. The lowest BCUT2D eigenvalue weighted by Crippen LogP contribution is -2.34. The monoisotopic (exact) mass is 255 g/mol. The molecule has 0 aromatic carbocycles. The van der Waals surface area contributed by atoms with Crippen LogP contribution in [0.5, 0.6) is 5.88 Å². The second-order valence-corrected chi connectivity index (χ2v) is 2.94. The molecule has 0 unspecified atom stereocenters. The van der Waals surface area contributed by atoms with Crippen molar-refractivity contribution >= 4 is 11.8 Å². The van der Waals surface area contributed by atoms with E-state index in [-0.39, 0.29) is 17.6 Å². The predicted octanol–water partition coefficient (Wildman–Crippen LogP) is 0.624. The molecule has 0 fully saturated rings. The molecule has 96 valence electrons. The van der Waals surface area contributed by atoms with E-state index >= 15 is 0 Å². The predicted molar refractivity (Wildman–Crippen MR) is 50.7 cm³/mol. The van der Waals surface area contributed by atoms with E-state index in [0.717, 1.165) is 6.07 Å². The number of aromatic nitrogens is 2. The van der Waals surface area contributed by atoms with Crippen molar-refractivity contribution in [2.24, 2.45) is 5.84 Å². The number of ether oxygens (including phenoxy) is 1. The summed E-state index contributed by atoms with van der Waals surface area (Å²) < 4.78 is 53.1. The first-order valence-corrected chi connectivity index (χ1v) is 4.25. The Kier molecular flexibility index (Phi) is 3.89. The molecule has 1 aromatic heterocycles. The third kappa shape index (κ3) is 3.59. The SMILES string of the molecule is NNc1cc(OCC(F)(F)C(F)F)nc(N)n1. The number of hydrazine groups is 1. The average Bonchev–Trinajstić information content (AvgIpc) is 2.25. The van der Waals surface area contributed by atoms with Gasteiger partial charge in [-0.2, -0.15) is 18.7 Å². The van der Waals surface area contributed by atoms with Gasteiger partial charge in [0.2, 0.25) is 11.8 Å². The quantitative estimate of drug-likeness (QED) is 0.405. The van der Waals surface area contributed by atoms with Crippen molar-refractivity contribution in [3.8, 4) is 5.88 Å². The number of nitrogens with zero attached hydrogens (tertiary/aromatic N) is 2. The number of hydrogen-bond acceptors (Lipinski definition) is 6.